The largest absolute Gasteiger partial charge is 0.399 e. The molecular formula is C13H17F3N2. The average Bonchev–Trinajstić information content (AvgIpc) is 3.06. The third kappa shape index (κ3) is 4.22. The molecule has 1 aliphatic carbocycles. The van der Waals surface area contributed by atoms with Gasteiger partial charge in [0, 0.05) is 24.8 Å². The van der Waals surface area contributed by atoms with Gasteiger partial charge in [-0.15, -0.1) is 0 Å². The number of rotatable bonds is 5. The van der Waals surface area contributed by atoms with E-state index in [9.17, 15) is 13.2 Å². The molecule has 0 aromatic heterocycles. The van der Waals surface area contributed by atoms with E-state index in [0.717, 1.165) is 18.4 Å². The summed E-state index contributed by atoms with van der Waals surface area (Å²) in [4.78, 5) is 1.91. The monoisotopic (exact) mass is 258 g/mol. The highest BCUT2D eigenvalue weighted by Gasteiger charge is 2.33. The first-order valence-corrected chi connectivity index (χ1v) is 6.09. The second kappa shape index (κ2) is 5.18. The van der Waals surface area contributed by atoms with Crippen molar-refractivity contribution in [2.24, 2.45) is 0 Å². The van der Waals surface area contributed by atoms with Gasteiger partial charge in [-0.3, -0.25) is 4.90 Å². The van der Waals surface area contributed by atoms with Crippen LogP contribution in [0.5, 0.6) is 0 Å². The van der Waals surface area contributed by atoms with Crippen molar-refractivity contribution >= 4 is 5.69 Å². The lowest BCUT2D eigenvalue weighted by Crippen LogP contribution is -2.29. The predicted molar refractivity (Wildman–Crippen MR) is 65.0 cm³/mol. The van der Waals surface area contributed by atoms with Gasteiger partial charge in [0.05, 0.1) is 6.42 Å². The smallest absolute Gasteiger partial charge is 0.390 e. The number of hydrogen-bond donors (Lipinski definition) is 1. The van der Waals surface area contributed by atoms with Gasteiger partial charge in [0.25, 0.3) is 0 Å². The molecule has 2 N–H and O–H groups in total. The van der Waals surface area contributed by atoms with Crippen LogP contribution in [0.1, 0.15) is 24.8 Å². The zero-order chi connectivity index (χ0) is 13.2. The number of benzene rings is 1. The van der Waals surface area contributed by atoms with Crippen molar-refractivity contribution in [3.05, 3.63) is 29.8 Å². The van der Waals surface area contributed by atoms with Crippen LogP contribution < -0.4 is 5.73 Å². The van der Waals surface area contributed by atoms with Gasteiger partial charge >= 0.3 is 6.18 Å². The fourth-order valence-electron chi connectivity index (χ4n) is 2.03. The minimum absolute atomic E-state index is 0.0724. The average molecular weight is 258 g/mol. The van der Waals surface area contributed by atoms with E-state index in [-0.39, 0.29) is 6.54 Å². The minimum atomic E-state index is -4.08. The van der Waals surface area contributed by atoms with Crippen LogP contribution in [0.15, 0.2) is 24.3 Å². The molecule has 2 nitrogen and oxygen atoms in total. The van der Waals surface area contributed by atoms with Crippen molar-refractivity contribution in [3.8, 4) is 0 Å². The van der Waals surface area contributed by atoms with Crippen LogP contribution in [0.4, 0.5) is 18.9 Å². The van der Waals surface area contributed by atoms with Gasteiger partial charge in [-0.2, -0.15) is 13.2 Å². The van der Waals surface area contributed by atoms with Gasteiger partial charge in [0.1, 0.15) is 0 Å². The standard InChI is InChI=1S/C13H17F3N2/c14-13(15,16)6-7-18(12-4-5-12)9-10-2-1-3-11(17)8-10/h1-3,8,12H,4-7,9,17H2. The number of nitrogens with zero attached hydrogens (tertiary/aromatic N) is 1. The lowest BCUT2D eigenvalue weighted by atomic mass is 10.2. The summed E-state index contributed by atoms with van der Waals surface area (Å²) in [5, 5.41) is 0. The van der Waals surface area contributed by atoms with Crippen LogP contribution in [-0.2, 0) is 6.54 Å². The van der Waals surface area contributed by atoms with E-state index in [1.807, 2.05) is 23.1 Å². The van der Waals surface area contributed by atoms with E-state index in [1.165, 1.54) is 0 Å². The highest BCUT2D eigenvalue weighted by molar-refractivity contribution is 5.40. The molecular weight excluding hydrogens is 241 g/mol. The summed E-state index contributed by atoms with van der Waals surface area (Å²) >= 11 is 0. The summed E-state index contributed by atoms with van der Waals surface area (Å²) in [6, 6.07) is 7.65. The maximum Gasteiger partial charge on any atom is 0.390 e. The zero-order valence-corrected chi connectivity index (χ0v) is 10.1. The summed E-state index contributed by atoms with van der Waals surface area (Å²) < 4.78 is 36.8. The Bertz CT molecular complexity index is 399. The third-order valence-electron chi connectivity index (χ3n) is 3.08. The molecule has 18 heavy (non-hydrogen) atoms. The van der Waals surface area contributed by atoms with Gasteiger partial charge in [-0.05, 0) is 30.5 Å². The molecule has 5 heteroatoms. The van der Waals surface area contributed by atoms with Gasteiger partial charge < -0.3 is 5.73 Å². The topological polar surface area (TPSA) is 29.3 Å². The summed E-state index contributed by atoms with van der Waals surface area (Å²) in [7, 11) is 0. The summed E-state index contributed by atoms with van der Waals surface area (Å²) in [5.74, 6) is 0. The minimum Gasteiger partial charge on any atom is -0.399 e. The van der Waals surface area contributed by atoms with E-state index in [1.54, 1.807) is 6.07 Å². The van der Waals surface area contributed by atoms with Crippen molar-refractivity contribution in [1.82, 2.24) is 4.90 Å². The molecule has 1 aliphatic rings. The molecule has 0 atom stereocenters. The molecule has 1 saturated carbocycles. The van der Waals surface area contributed by atoms with Gasteiger partial charge in [-0.25, -0.2) is 0 Å². The van der Waals surface area contributed by atoms with Crippen LogP contribution in [0.3, 0.4) is 0 Å². The van der Waals surface area contributed by atoms with Gasteiger partial charge in [0.2, 0.25) is 0 Å². The number of nitrogen functional groups attached to an aromatic ring is 1. The fourth-order valence-corrected chi connectivity index (χ4v) is 2.03. The predicted octanol–water partition coefficient (Wildman–Crippen LogP) is 3.19. The van der Waals surface area contributed by atoms with Crippen LogP contribution in [0.2, 0.25) is 0 Å². The SMILES string of the molecule is Nc1cccc(CN(CCC(F)(F)F)C2CC2)c1. The Kier molecular flexibility index (Phi) is 3.80. The Hall–Kier alpha value is -1.23. The van der Waals surface area contributed by atoms with E-state index < -0.39 is 12.6 Å². The Morgan fingerprint density at radius 3 is 2.56 bits per heavy atom. The Balaban J connectivity index is 1.94. The Morgan fingerprint density at radius 1 is 1.28 bits per heavy atom. The maximum atomic E-state index is 12.3. The molecule has 2 rings (SSSR count). The number of hydrogen-bond acceptors (Lipinski definition) is 2. The first-order valence-electron chi connectivity index (χ1n) is 6.09. The van der Waals surface area contributed by atoms with Gasteiger partial charge in [0.15, 0.2) is 0 Å². The van der Waals surface area contributed by atoms with E-state index in [2.05, 4.69) is 0 Å². The van der Waals surface area contributed by atoms with E-state index in [4.69, 9.17) is 5.73 Å². The van der Waals surface area contributed by atoms with Crippen LogP contribution in [0, 0.1) is 0 Å². The molecule has 1 fully saturated rings. The number of halogens is 3. The molecule has 0 bridgehead atoms. The summed E-state index contributed by atoms with van der Waals surface area (Å²) in [6.45, 7) is 0.620. The molecule has 0 aliphatic heterocycles. The van der Waals surface area contributed by atoms with Crippen LogP contribution >= 0.6 is 0 Å². The first-order chi connectivity index (χ1) is 8.44. The molecule has 0 spiro atoms. The number of alkyl halides is 3. The maximum absolute atomic E-state index is 12.3. The van der Waals surface area contributed by atoms with Crippen LogP contribution in [-0.4, -0.2) is 23.7 Å². The summed E-state index contributed by atoms with van der Waals surface area (Å²) in [5.41, 5.74) is 7.30. The van der Waals surface area contributed by atoms with Crippen molar-refractivity contribution in [2.75, 3.05) is 12.3 Å². The lowest BCUT2D eigenvalue weighted by Gasteiger charge is -2.22. The van der Waals surface area contributed by atoms with Crippen LogP contribution in [0.25, 0.3) is 0 Å². The molecule has 0 amide bonds. The highest BCUT2D eigenvalue weighted by Crippen LogP contribution is 2.30. The zero-order valence-electron chi connectivity index (χ0n) is 10.1. The van der Waals surface area contributed by atoms with Crippen molar-refractivity contribution < 1.29 is 13.2 Å². The van der Waals surface area contributed by atoms with E-state index >= 15 is 0 Å². The number of anilines is 1. The molecule has 0 radical (unpaired) electrons. The summed E-state index contributed by atoms with van der Waals surface area (Å²) in [6.07, 6.45) is -2.82. The first kappa shape index (κ1) is 13.2. The molecule has 0 heterocycles. The van der Waals surface area contributed by atoms with Gasteiger partial charge in [-0.1, -0.05) is 12.1 Å². The van der Waals surface area contributed by atoms with Crippen molar-refractivity contribution in [2.45, 2.75) is 38.0 Å². The van der Waals surface area contributed by atoms with E-state index in [0.29, 0.717) is 18.3 Å². The Labute approximate surface area is 105 Å². The molecule has 100 valence electrons. The van der Waals surface area contributed by atoms with Crippen molar-refractivity contribution in [3.63, 3.8) is 0 Å². The Morgan fingerprint density at radius 2 is 2.00 bits per heavy atom. The molecule has 0 saturated heterocycles. The second-order valence-electron chi connectivity index (χ2n) is 4.81. The normalized spacial score (nSPS) is 16.2. The second-order valence-corrected chi connectivity index (χ2v) is 4.81. The quantitative estimate of drug-likeness (QED) is 0.822. The van der Waals surface area contributed by atoms with Crippen molar-refractivity contribution in [1.29, 1.82) is 0 Å². The lowest BCUT2D eigenvalue weighted by molar-refractivity contribution is -0.138. The third-order valence-corrected chi connectivity index (χ3v) is 3.08. The fraction of sp³-hybridized carbons (Fsp3) is 0.538. The number of nitrogens with two attached hydrogens (primary N) is 1. The molecule has 0 unspecified atom stereocenters. The molecule has 1 aromatic rings. The molecule has 1 aromatic carbocycles. The highest BCUT2D eigenvalue weighted by atomic mass is 19.4.